The molecular formula is C27H26F2N6O2. The smallest absolute Gasteiger partial charge is 0.241 e. The summed E-state index contributed by atoms with van der Waals surface area (Å²) in [5.41, 5.74) is 1.90. The number of rotatable bonds is 4. The predicted octanol–water partition coefficient (Wildman–Crippen LogP) is 4.50. The number of para-hydroxylation sites is 1. The lowest BCUT2D eigenvalue weighted by molar-refractivity contribution is -0.124. The van der Waals surface area contributed by atoms with Gasteiger partial charge in [-0.2, -0.15) is 0 Å². The second-order valence-electron chi connectivity index (χ2n) is 9.91. The molecule has 190 valence electrons. The number of likely N-dealkylation sites (tertiary alicyclic amines) is 1. The molecule has 8 nitrogen and oxygen atoms in total. The van der Waals surface area contributed by atoms with Crippen molar-refractivity contribution in [3.8, 4) is 0 Å². The maximum absolute atomic E-state index is 14.9. The zero-order valence-electron chi connectivity index (χ0n) is 20.8. The van der Waals surface area contributed by atoms with E-state index < -0.39 is 17.0 Å². The molecule has 1 unspecified atom stereocenters. The third kappa shape index (κ3) is 3.66. The average molecular weight is 505 g/mol. The van der Waals surface area contributed by atoms with E-state index in [4.69, 9.17) is 14.4 Å². The highest BCUT2D eigenvalue weighted by molar-refractivity contribution is 6.03. The Morgan fingerprint density at radius 1 is 1.19 bits per heavy atom. The van der Waals surface area contributed by atoms with Crippen LogP contribution >= 0.6 is 0 Å². The van der Waals surface area contributed by atoms with Gasteiger partial charge in [-0.25, -0.2) is 18.7 Å². The maximum atomic E-state index is 14.9. The van der Waals surface area contributed by atoms with Crippen molar-refractivity contribution in [3.63, 3.8) is 0 Å². The quantitative estimate of drug-likeness (QED) is 0.438. The van der Waals surface area contributed by atoms with Crippen LogP contribution in [-0.2, 0) is 16.8 Å². The van der Waals surface area contributed by atoms with Crippen LogP contribution in [0.15, 0.2) is 47.3 Å². The van der Waals surface area contributed by atoms with Crippen LogP contribution in [0.3, 0.4) is 0 Å². The standard InChI is InChI=1S/C27H26F2N6O2/c1-15(17-5-4-6-18-21(29)13-37-23(17)18)31-25-19-12-35(22-7-9-30-11-20(22)28)26(36)27(8-10-34(3)14-27)24(19)32-16(2)33-25/h4-7,9,11,13,15H,8,10,12,14H2,1-3H3,(H,31,32,33)/t15-,27?/m1/s1. The lowest BCUT2D eigenvalue weighted by Crippen LogP contribution is -2.53. The molecule has 1 fully saturated rings. The van der Waals surface area contributed by atoms with Gasteiger partial charge in [-0.3, -0.25) is 9.78 Å². The van der Waals surface area contributed by atoms with E-state index in [1.807, 2.05) is 20.0 Å². The summed E-state index contributed by atoms with van der Waals surface area (Å²) in [4.78, 5) is 30.9. The van der Waals surface area contributed by atoms with Crippen molar-refractivity contribution in [2.75, 3.05) is 30.4 Å². The first kappa shape index (κ1) is 23.5. The van der Waals surface area contributed by atoms with Crippen LogP contribution in [0.25, 0.3) is 11.0 Å². The minimum atomic E-state index is -0.921. The van der Waals surface area contributed by atoms with Gasteiger partial charge in [-0.15, -0.1) is 0 Å². The van der Waals surface area contributed by atoms with Crippen molar-refractivity contribution in [1.29, 1.82) is 0 Å². The number of carbonyl (C=O) groups excluding carboxylic acids is 1. The normalized spacial score (nSPS) is 20.6. The number of aryl methyl sites for hydroxylation is 1. The number of fused-ring (bicyclic) bond motifs is 3. The molecule has 6 rings (SSSR count). The van der Waals surface area contributed by atoms with Gasteiger partial charge in [-0.05, 0) is 46.0 Å². The van der Waals surface area contributed by atoms with E-state index in [2.05, 4.69) is 15.2 Å². The number of aromatic nitrogens is 3. The second-order valence-corrected chi connectivity index (χ2v) is 9.91. The molecule has 5 heterocycles. The number of benzene rings is 1. The van der Waals surface area contributed by atoms with Gasteiger partial charge in [0.25, 0.3) is 0 Å². The average Bonchev–Trinajstić information content (AvgIpc) is 3.46. The molecule has 0 radical (unpaired) electrons. The summed E-state index contributed by atoms with van der Waals surface area (Å²) in [6, 6.07) is 6.54. The fourth-order valence-corrected chi connectivity index (χ4v) is 5.67. The summed E-state index contributed by atoms with van der Waals surface area (Å²) in [6.07, 6.45) is 4.26. The predicted molar refractivity (Wildman–Crippen MR) is 134 cm³/mol. The van der Waals surface area contributed by atoms with Crippen LogP contribution < -0.4 is 10.2 Å². The monoisotopic (exact) mass is 504 g/mol. The van der Waals surface area contributed by atoms with Gasteiger partial charge >= 0.3 is 0 Å². The van der Waals surface area contributed by atoms with Crippen LogP contribution in [-0.4, -0.2) is 45.9 Å². The Hall–Kier alpha value is -3.92. The SMILES string of the molecule is Cc1nc(N[C@H](C)c2cccc3c(F)coc23)c2c(n1)C1(CCN(C)C1)C(=O)N(c1ccncc1F)C2. The minimum Gasteiger partial charge on any atom is -0.461 e. The van der Waals surface area contributed by atoms with Gasteiger partial charge in [0.15, 0.2) is 11.6 Å². The molecule has 1 N–H and O–H groups in total. The number of carbonyl (C=O) groups is 1. The second kappa shape index (κ2) is 8.58. The minimum absolute atomic E-state index is 0.107. The molecule has 0 saturated carbocycles. The highest BCUT2D eigenvalue weighted by atomic mass is 19.1. The zero-order valence-corrected chi connectivity index (χ0v) is 20.8. The summed E-state index contributed by atoms with van der Waals surface area (Å²) in [5.74, 6) is -0.0772. The van der Waals surface area contributed by atoms with Crippen molar-refractivity contribution in [2.45, 2.75) is 38.3 Å². The van der Waals surface area contributed by atoms with E-state index in [9.17, 15) is 13.6 Å². The molecule has 1 saturated heterocycles. The molecule has 1 aromatic carbocycles. The first-order valence-corrected chi connectivity index (χ1v) is 12.2. The fourth-order valence-electron chi connectivity index (χ4n) is 5.67. The highest BCUT2D eigenvalue weighted by Gasteiger charge is 2.53. The number of nitrogens with zero attached hydrogens (tertiary/aromatic N) is 5. The number of likely N-dealkylation sites (N-methyl/N-ethyl adjacent to an activating group) is 1. The first-order valence-electron chi connectivity index (χ1n) is 12.2. The van der Waals surface area contributed by atoms with Crippen molar-refractivity contribution in [1.82, 2.24) is 19.9 Å². The fraction of sp³-hybridized carbons (Fsp3) is 0.333. The molecule has 2 aliphatic heterocycles. The molecule has 3 aromatic heterocycles. The number of anilines is 2. The van der Waals surface area contributed by atoms with Gasteiger partial charge in [0.2, 0.25) is 5.91 Å². The van der Waals surface area contributed by atoms with Crippen LogP contribution in [0.2, 0.25) is 0 Å². The Morgan fingerprint density at radius 2 is 2.03 bits per heavy atom. The molecule has 1 spiro atoms. The Labute approximate surface area is 212 Å². The number of nitrogens with one attached hydrogen (secondary N) is 1. The number of pyridine rings is 1. The lowest BCUT2D eigenvalue weighted by Gasteiger charge is -2.40. The van der Waals surface area contributed by atoms with Crippen LogP contribution in [0, 0.1) is 18.6 Å². The summed E-state index contributed by atoms with van der Waals surface area (Å²) in [7, 11) is 1.96. The number of halogens is 2. The number of hydrogen-bond donors (Lipinski definition) is 1. The molecule has 0 aliphatic carbocycles. The zero-order chi connectivity index (χ0) is 25.9. The summed E-state index contributed by atoms with van der Waals surface area (Å²) in [5, 5.41) is 3.86. The third-order valence-corrected chi connectivity index (χ3v) is 7.45. The van der Waals surface area contributed by atoms with E-state index >= 15 is 0 Å². The van der Waals surface area contributed by atoms with Gasteiger partial charge in [0.1, 0.15) is 28.9 Å². The van der Waals surface area contributed by atoms with E-state index in [0.717, 1.165) is 23.6 Å². The molecule has 1 amide bonds. The van der Waals surface area contributed by atoms with E-state index in [1.54, 1.807) is 19.1 Å². The first-order chi connectivity index (χ1) is 17.8. The molecule has 0 bridgehead atoms. The van der Waals surface area contributed by atoms with E-state index in [1.165, 1.54) is 17.2 Å². The van der Waals surface area contributed by atoms with Gasteiger partial charge in [0.05, 0.1) is 35.6 Å². The molecule has 10 heteroatoms. The molecule has 37 heavy (non-hydrogen) atoms. The summed E-state index contributed by atoms with van der Waals surface area (Å²) >= 11 is 0. The van der Waals surface area contributed by atoms with Gasteiger partial charge < -0.3 is 19.5 Å². The largest absolute Gasteiger partial charge is 0.461 e. The third-order valence-electron chi connectivity index (χ3n) is 7.45. The molecule has 2 aliphatic rings. The number of amides is 1. The molecular weight excluding hydrogens is 478 g/mol. The van der Waals surface area contributed by atoms with Crippen molar-refractivity contribution in [3.05, 3.63) is 77.2 Å². The topological polar surface area (TPSA) is 87.4 Å². The van der Waals surface area contributed by atoms with Gasteiger partial charge in [-0.1, -0.05) is 12.1 Å². The Kier molecular flexibility index (Phi) is 5.45. The van der Waals surface area contributed by atoms with Crippen LogP contribution in [0.5, 0.6) is 0 Å². The summed E-state index contributed by atoms with van der Waals surface area (Å²) < 4.78 is 34.5. The Morgan fingerprint density at radius 3 is 2.78 bits per heavy atom. The molecule has 4 aromatic rings. The molecule has 2 atom stereocenters. The number of furan rings is 1. The summed E-state index contributed by atoms with van der Waals surface area (Å²) in [6.45, 7) is 5.02. The lowest BCUT2D eigenvalue weighted by atomic mass is 9.76. The maximum Gasteiger partial charge on any atom is 0.241 e. The van der Waals surface area contributed by atoms with Crippen LogP contribution in [0.4, 0.5) is 20.3 Å². The number of hydrogen-bond acceptors (Lipinski definition) is 7. The van der Waals surface area contributed by atoms with Crippen molar-refractivity contribution >= 4 is 28.4 Å². The van der Waals surface area contributed by atoms with Crippen molar-refractivity contribution < 1.29 is 18.0 Å². The Bertz CT molecular complexity index is 1540. The van der Waals surface area contributed by atoms with E-state index in [-0.39, 0.29) is 24.2 Å². The van der Waals surface area contributed by atoms with E-state index in [0.29, 0.717) is 47.8 Å². The highest BCUT2D eigenvalue weighted by Crippen LogP contribution is 2.44. The Balaban J connectivity index is 1.48. The van der Waals surface area contributed by atoms with Crippen LogP contribution in [0.1, 0.15) is 42.0 Å². The van der Waals surface area contributed by atoms with Gasteiger partial charge in [0, 0.05) is 23.9 Å². The van der Waals surface area contributed by atoms with Crippen molar-refractivity contribution in [2.24, 2.45) is 0 Å².